The van der Waals surface area contributed by atoms with Crippen LogP contribution < -0.4 is 5.32 Å². The third kappa shape index (κ3) is 4.89. The topological polar surface area (TPSA) is 102 Å². The molecule has 1 heterocycles. The molecule has 0 unspecified atom stereocenters. The van der Waals surface area contributed by atoms with Gasteiger partial charge in [-0.25, -0.2) is 0 Å². The van der Waals surface area contributed by atoms with Crippen LogP contribution in [0.25, 0.3) is 0 Å². The number of hydrogen-bond acceptors (Lipinski definition) is 5. The van der Waals surface area contributed by atoms with Crippen molar-refractivity contribution in [2.24, 2.45) is 0 Å². The first kappa shape index (κ1) is 18.5. The maximum absolute atomic E-state index is 12.3. The van der Waals surface area contributed by atoms with Crippen LogP contribution in [-0.2, 0) is 16.0 Å². The van der Waals surface area contributed by atoms with Crippen LogP contribution in [-0.4, -0.2) is 47.9 Å². The molecule has 2 amide bonds. The quantitative estimate of drug-likeness (QED) is 0.643. The summed E-state index contributed by atoms with van der Waals surface area (Å²) in [5.41, 5.74) is 1.46. The first-order valence-corrected chi connectivity index (χ1v) is 8.53. The number of carbonyl (C=O) groups is 2. The number of nitrogens with one attached hydrogen (secondary N) is 1. The van der Waals surface area contributed by atoms with E-state index in [0.29, 0.717) is 38.4 Å². The van der Waals surface area contributed by atoms with E-state index in [2.05, 4.69) is 5.32 Å². The van der Waals surface area contributed by atoms with Crippen LogP contribution in [0, 0.1) is 10.1 Å². The van der Waals surface area contributed by atoms with Gasteiger partial charge in [0.25, 0.3) is 11.6 Å². The van der Waals surface area contributed by atoms with Crippen LogP contribution in [0.3, 0.4) is 0 Å². The molecule has 0 saturated carbocycles. The Bertz CT molecular complexity index is 845. The average Bonchev–Trinajstić information content (AvgIpc) is 2.70. The molecule has 8 nitrogen and oxygen atoms in total. The molecule has 0 spiro atoms. The van der Waals surface area contributed by atoms with Crippen molar-refractivity contribution in [2.45, 2.75) is 6.42 Å². The normalized spacial score (nSPS) is 13.9. The molecule has 2 aromatic rings. The van der Waals surface area contributed by atoms with E-state index in [1.807, 2.05) is 0 Å². The van der Waals surface area contributed by atoms with Gasteiger partial charge in [-0.05, 0) is 23.8 Å². The fourth-order valence-electron chi connectivity index (χ4n) is 2.77. The minimum Gasteiger partial charge on any atom is -0.378 e. The predicted octanol–water partition coefficient (Wildman–Crippen LogP) is 2.25. The number of ether oxygens (including phenoxy) is 1. The van der Waals surface area contributed by atoms with Crippen LogP contribution in [0.15, 0.2) is 48.5 Å². The number of morpholine rings is 1. The molecule has 3 rings (SSSR count). The number of nitro groups is 1. The first-order valence-electron chi connectivity index (χ1n) is 8.53. The Labute approximate surface area is 155 Å². The molecule has 0 radical (unpaired) electrons. The zero-order valence-electron chi connectivity index (χ0n) is 14.6. The van der Waals surface area contributed by atoms with E-state index in [9.17, 15) is 19.7 Å². The monoisotopic (exact) mass is 369 g/mol. The second-order valence-electron chi connectivity index (χ2n) is 6.13. The summed E-state index contributed by atoms with van der Waals surface area (Å²) in [7, 11) is 0. The van der Waals surface area contributed by atoms with Gasteiger partial charge in [0.2, 0.25) is 5.91 Å². The second kappa shape index (κ2) is 8.41. The van der Waals surface area contributed by atoms with Gasteiger partial charge in [-0.2, -0.15) is 0 Å². The maximum Gasteiger partial charge on any atom is 0.270 e. The summed E-state index contributed by atoms with van der Waals surface area (Å²) >= 11 is 0. The molecule has 1 N–H and O–H groups in total. The lowest BCUT2D eigenvalue weighted by Crippen LogP contribution is -2.41. The van der Waals surface area contributed by atoms with Crippen LogP contribution in [0.2, 0.25) is 0 Å². The zero-order valence-corrected chi connectivity index (χ0v) is 14.6. The summed E-state index contributed by atoms with van der Waals surface area (Å²) in [6, 6.07) is 12.5. The Kier molecular flexibility index (Phi) is 5.77. The van der Waals surface area contributed by atoms with E-state index in [4.69, 9.17) is 4.74 Å². The Morgan fingerprint density at radius 3 is 2.48 bits per heavy atom. The van der Waals surface area contributed by atoms with Crippen molar-refractivity contribution in [3.8, 4) is 0 Å². The summed E-state index contributed by atoms with van der Waals surface area (Å²) in [4.78, 5) is 36.5. The van der Waals surface area contributed by atoms with Crippen molar-refractivity contribution in [2.75, 3.05) is 31.6 Å². The van der Waals surface area contributed by atoms with Crippen molar-refractivity contribution in [3.05, 3.63) is 69.8 Å². The van der Waals surface area contributed by atoms with Crippen molar-refractivity contribution in [1.82, 2.24) is 4.90 Å². The van der Waals surface area contributed by atoms with Crippen molar-refractivity contribution in [1.29, 1.82) is 0 Å². The van der Waals surface area contributed by atoms with Crippen molar-refractivity contribution < 1.29 is 19.2 Å². The molecule has 0 atom stereocenters. The van der Waals surface area contributed by atoms with Crippen LogP contribution >= 0.6 is 0 Å². The summed E-state index contributed by atoms with van der Waals surface area (Å²) in [5.74, 6) is -0.387. The molecular formula is C19H19N3O5. The fraction of sp³-hybridized carbons (Fsp3) is 0.263. The number of anilines is 1. The van der Waals surface area contributed by atoms with Gasteiger partial charge >= 0.3 is 0 Å². The molecule has 1 fully saturated rings. The number of amides is 2. The third-order valence-corrected chi connectivity index (χ3v) is 4.25. The van der Waals surface area contributed by atoms with E-state index in [1.54, 1.807) is 29.2 Å². The second-order valence-corrected chi connectivity index (χ2v) is 6.13. The first-order chi connectivity index (χ1) is 13.0. The van der Waals surface area contributed by atoms with Crippen LogP contribution in [0.1, 0.15) is 15.9 Å². The highest BCUT2D eigenvalue weighted by Gasteiger charge is 2.17. The number of benzene rings is 2. The SMILES string of the molecule is O=C(Nc1ccc(CC(=O)N2CCOCC2)cc1)c1cccc([N+](=O)[O-])c1. The highest BCUT2D eigenvalue weighted by molar-refractivity contribution is 6.04. The van der Waals surface area contributed by atoms with Crippen molar-refractivity contribution >= 4 is 23.2 Å². The van der Waals surface area contributed by atoms with Gasteiger partial charge in [0.1, 0.15) is 0 Å². The smallest absolute Gasteiger partial charge is 0.270 e. The maximum atomic E-state index is 12.3. The number of rotatable bonds is 5. The highest BCUT2D eigenvalue weighted by Crippen LogP contribution is 2.16. The largest absolute Gasteiger partial charge is 0.378 e. The molecule has 1 aliphatic heterocycles. The lowest BCUT2D eigenvalue weighted by atomic mass is 10.1. The molecule has 1 saturated heterocycles. The van der Waals surface area contributed by atoms with E-state index >= 15 is 0 Å². The third-order valence-electron chi connectivity index (χ3n) is 4.25. The molecule has 0 aromatic heterocycles. The number of nitro benzene ring substituents is 1. The number of non-ortho nitro benzene ring substituents is 1. The highest BCUT2D eigenvalue weighted by atomic mass is 16.6. The molecule has 2 aromatic carbocycles. The molecule has 27 heavy (non-hydrogen) atoms. The van der Waals surface area contributed by atoms with Gasteiger partial charge < -0.3 is 15.0 Å². The van der Waals surface area contributed by atoms with Gasteiger partial charge in [-0.15, -0.1) is 0 Å². The van der Waals surface area contributed by atoms with Gasteiger partial charge in [0, 0.05) is 36.5 Å². The van der Waals surface area contributed by atoms with Crippen molar-refractivity contribution in [3.63, 3.8) is 0 Å². The van der Waals surface area contributed by atoms with E-state index < -0.39 is 10.8 Å². The summed E-state index contributed by atoms with van der Waals surface area (Å²) in [6.07, 6.45) is 0.291. The zero-order chi connectivity index (χ0) is 19.2. The van der Waals surface area contributed by atoms with Gasteiger partial charge in [-0.3, -0.25) is 19.7 Å². The molecule has 140 valence electrons. The summed E-state index contributed by atoms with van der Waals surface area (Å²) in [5, 5.41) is 13.5. The lowest BCUT2D eigenvalue weighted by molar-refractivity contribution is -0.384. The van der Waals surface area contributed by atoms with Crippen LogP contribution in [0.5, 0.6) is 0 Å². The summed E-state index contributed by atoms with van der Waals surface area (Å²) < 4.78 is 5.24. The number of carbonyl (C=O) groups excluding carboxylic acids is 2. The Morgan fingerprint density at radius 1 is 1.11 bits per heavy atom. The molecular weight excluding hydrogens is 350 g/mol. The minimum atomic E-state index is -0.545. The minimum absolute atomic E-state index is 0.0479. The Morgan fingerprint density at radius 2 is 1.81 bits per heavy atom. The standard InChI is InChI=1S/C19H19N3O5/c23-18(21-8-10-27-11-9-21)12-14-4-6-16(7-5-14)20-19(24)15-2-1-3-17(13-15)22(25)26/h1-7,13H,8-12H2,(H,20,24). The summed E-state index contributed by atoms with van der Waals surface area (Å²) in [6.45, 7) is 2.34. The molecule has 8 heteroatoms. The number of hydrogen-bond donors (Lipinski definition) is 1. The van der Waals surface area contributed by atoms with Gasteiger partial charge in [-0.1, -0.05) is 18.2 Å². The lowest BCUT2D eigenvalue weighted by Gasteiger charge is -2.26. The average molecular weight is 369 g/mol. The fourth-order valence-corrected chi connectivity index (χ4v) is 2.77. The molecule has 1 aliphatic rings. The Hall–Kier alpha value is -3.26. The predicted molar refractivity (Wildman–Crippen MR) is 98.6 cm³/mol. The van der Waals surface area contributed by atoms with Gasteiger partial charge in [0.15, 0.2) is 0 Å². The van der Waals surface area contributed by atoms with E-state index in [1.165, 1.54) is 24.3 Å². The molecule has 0 aliphatic carbocycles. The van der Waals surface area contributed by atoms with E-state index in [-0.39, 0.29) is 17.2 Å². The number of nitrogens with zero attached hydrogens (tertiary/aromatic N) is 2. The molecule has 0 bridgehead atoms. The van der Waals surface area contributed by atoms with Gasteiger partial charge in [0.05, 0.1) is 24.6 Å². The Balaban J connectivity index is 1.60. The van der Waals surface area contributed by atoms with Crippen LogP contribution in [0.4, 0.5) is 11.4 Å². The van der Waals surface area contributed by atoms with E-state index in [0.717, 1.165) is 5.56 Å².